The summed E-state index contributed by atoms with van der Waals surface area (Å²) in [4.78, 5) is 32.8. The summed E-state index contributed by atoms with van der Waals surface area (Å²) < 4.78 is 0. The van der Waals surface area contributed by atoms with Crippen LogP contribution in [0.1, 0.15) is 23.2 Å². The van der Waals surface area contributed by atoms with E-state index in [1.807, 2.05) is 0 Å². The van der Waals surface area contributed by atoms with Crippen molar-refractivity contribution < 1.29 is 19.5 Å². The number of rotatable bonds is 6. The lowest BCUT2D eigenvalue weighted by Crippen LogP contribution is -2.36. The van der Waals surface area contributed by atoms with Gasteiger partial charge in [-0.1, -0.05) is 0 Å². The van der Waals surface area contributed by atoms with E-state index >= 15 is 0 Å². The molecule has 0 aliphatic rings. The molecule has 7 heteroatoms. The quantitative estimate of drug-likeness (QED) is 0.570. The SMILES string of the molecule is NC(=O)c1ccc(NC(=O)C(N)CCC(=O)O)cc1. The monoisotopic (exact) mass is 265 g/mol. The zero-order valence-corrected chi connectivity index (χ0v) is 10.1. The molecular weight excluding hydrogens is 250 g/mol. The van der Waals surface area contributed by atoms with E-state index in [-0.39, 0.29) is 12.8 Å². The van der Waals surface area contributed by atoms with Gasteiger partial charge in [0.15, 0.2) is 0 Å². The molecule has 6 N–H and O–H groups in total. The Bertz CT molecular complexity index is 484. The number of nitrogens with one attached hydrogen (secondary N) is 1. The molecule has 1 atom stereocenters. The Labute approximate surface area is 109 Å². The summed E-state index contributed by atoms with van der Waals surface area (Å²) in [6.45, 7) is 0. The Balaban J connectivity index is 2.56. The predicted molar refractivity (Wildman–Crippen MR) is 68.4 cm³/mol. The zero-order valence-electron chi connectivity index (χ0n) is 10.1. The van der Waals surface area contributed by atoms with Crippen LogP contribution >= 0.6 is 0 Å². The van der Waals surface area contributed by atoms with Crippen LogP contribution in [0.3, 0.4) is 0 Å². The number of benzene rings is 1. The molecule has 0 heterocycles. The lowest BCUT2D eigenvalue weighted by atomic mass is 10.1. The molecule has 0 radical (unpaired) electrons. The fourth-order valence-electron chi connectivity index (χ4n) is 1.36. The molecule has 19 heavy (non-hydrogen) atoms. The highest BCUT2D eigenvalue weighted by molar-refractivity contribution is 5.96. The number of aliphatic carboxylic acids is 1. The third-order valence-corrected chi connectivity index (χ3v) is 2.44. The minimum Gasteiger partial charge on any atom is -0.481 e. The first-order valence-corrected chi connectivity index (χ1v) is 5.58. The van der Waals surface area contributed by atoms with Gasteiger partial charge in [-0.05, 0) is 30.7 Å². The van der Waals surface area contributed by atoms with Gasteiger partial charge in [-0.25, -0.2) is 0 Å². The lowest BCUT2D eigenvalue weighted by Gasteiger charge is -2.11. The fraction of sp³-hybridized carbons (Fsp3) is 0.250. The van der Waals surface area contributed by atoms with Crippen LogP contribution in [0.5, 0.6) is 0 Å². The number of amides is 2. The first-order chi connectivity index (χ1) is 8.90. The summed E-state index contributed by atoms with van der Waals surface area (Å²) >= 11 is 0. The van der Waals surface area contributed by atoms with Crippen LogP contribution in [-0.4, -0.2) is 28.9 Å². The third kappa shape index (κ3) is 4.76. The van der Waals surface area contributed by atoms with Crippen LogP contribution < -0.4 is 16.8 Å². The van der Waals surface area contributed by atoms with Crippen LogP contribution in [0.2, 0.25) is 0 Å². The molecular formula is C12H15N3O4. The van der Waals surface area contributed by atoms with Gasteiger partial charge in [0.25, 0.3) is 0 Å². The van der Waals surface area contributed by atoms with E-state index < -0.39 is 23.8 Å². The molecule has 1 aromatic rings. The lowest BCUT2D eigenvalue weighted by molar-refractivity contribution is -0.137. The molecule has 0 bridgehead atoms. The Morgan fingerprint density at radius 3 is 2.26 bits per heavy atom. The molecule has 0 spiro atoms. The topological polar surface area (TPSA) is 136 Å². The van der Waals surface area contributed by atoms with Crippen molar-refractivity contribution in [1.29, 1.82) is 0 Å². The number of carbonyl (C=O) groups is 3. The van der Waals surface area contributed by atoms with Crippen LogP contribution in [0.15, 0.2) is 24.3 Å². The summed E-state index contributed by atoms with van der Waals surface area (Å²) in [6, 6.07) is 5.08. The minimum atomic E-state index is -1.01. The highest BCUT2D eigenvalue weighted by atomic mass is 16.4. The number of primary amides is 1. The molecule has 1 aromatic carbocycles. The largest absolute Gasteiger partial charge is 0.481 e. The van der Waals surface area contributed by atoms with E-state index in [1.54, 1.807) is 0 Å². The number of carbonyl (C=O) groups excluding carboxylic acids is 2. The van der Waals surface area contributed by atoms with Crippen molar-refractivity contribution in [3.05, 3.63) is 29.8 Å². The summed E-state index contributed by atoms with van der Waals surface area (Å²) in [6.07, 6.45) is -0.115. The van der Waals surface area contributed by atoms with Crippen molar-refractivity contribution >= 4 is 23.5 Å². The van der Waals surface area contributed by atoms with Crippen LogP contribution in [0.25, 0.3) is 0 Å². The van der Waals surface area contributed by atoms with Gasteiger partial charge in [0.1, 0.15) is 0 Å². The molecule has 0 fully saturated rings. The van der Waals surface area contributed by atoms with Gasteiger partial charge in [0, 0.05) is 17.7 Å². The predicted octanol–water partition coefficient (Wildman–Crippen LogP) is -0.0839. The molecule has 0 saturated heterocycles. The minimum absolute atomic E-state index is 0.0561. The number of anilines is 1. The van der Waals surface area contributed by atoms with Crippen LogP contribution in [-0.2, 0) is 9.59 Å². The summed E-state index contributed by atoms with van der Waals surface area (Å²) in [5.41, 5.74) is 11.4. The molecule has 0 aromatic heterocycles. The number of hydrogen-bond acceptors (Lipinski definition) is 4. The van der Waals surface area contributed by atoms with Gasteiger partial charge in [0.2, 0.25) is 11.8 Å². The van der Waals surface area contributed by atoms with E-state index in [0.29, 0.717) is 11.3 Å². The summed E-state index contributed by atoms with van der Waals surface area (Å²) in [5.74, 6) is -2.04. The van der Waals surface area contributed by atoms with Gasteiger partial charge in [-0.3, -0.25) is 14.4 Å². The van der Waals surface area contributed by atoms with Gasteiger partial charge >= 0.3 is 5.97 Å². The average molecular weight is 265 g/mol. The maximum Gasteiger partial charge on any atom is 0.303 e. The number of carboxylic acid groups (broad SMARTS) is 1. The first-order valence-electron chi connectivity index (χ1n) is 5.58. The van der Waals surface area contributed by atoms with Gasteiger partial charge in [-0.15, -0.1) is 0 Å². The second-order valence-corrected chi connectivity index (χ2v) is 3.97. The van der Waals surface area contributed by atoms with Gasteiger partial charge in [0.05, 0.1) is 6.04 Å². The molecule has 0 aliphatic carbocycles. The van der Waals surface area contributed by atoms with Crippen LogP contribution in [0.4, 0.5) is 5.69 Å². The molecule has 7 nitrogen and oxygen atoms in total. The third-order valence-electron chi connectivity index (χ3n) is 2.44. The van der Waals surface area contributed by atoms with Gasteiger partial charge in [-0.2, -0.15) is 0 Å². The molecule has 1 rings (SSSR count). The molecule has 1 unspecified atom stereocenters. The van der Waals surface area contributed by atoms with E-state index in [4.69, 9.17) is 16.6 Å². The van der Waals surface area contributed by atoms with E-state index in [0.717, 1.165) is 0 Å². The standard InChI is InChI=1S/C12H15N3O4/c13-9(5-6-10(16)17)12(19)15-8-3-1-7(2-4-8)11(14)18/h1-4,9H,5-6,13H2,(H2,14,18)(H,15,19)(H,16,17). The highest BCUT2D eigenvalue weighted by Gasteiger charge is 2.15. The summed E-state index contributed by atoms with van der Waals surface area (Å²) in [5, 5.41) is 11.0. The maximum absolute atomic E-state index is 11.6. The second-order valence-electron chi connectivity index (χ2n) is 3.97. The second kappa shape index (κ2) is 6.50. The molecule has 102 valence electrons. The Kier molecular flexibility index (Phi) is 5.01. The fourth-order valence-corrected chi connectivity index (χ4v) is 1.36. The number of hydrogen-bond donors (Lipinski definition) is 4. The molecule has 0 aliphatic heterocycles. The Hall–Kier alpha value is -2.41. The smallest absolute Gasteiger partial charge is 0.303 e. The zero-order chi connectivity index (χ0) is 14.4. The summed E-state index contributed by atoms with van der Waals surface area (Å²) in [7, 11) is 0. The van der Waals surface area contributed by atoms with Crippen molar-refractivity contribution in [1.82, 2.24) is 0 Å². The van der Waals surface area contributed by atoms with E-state index in [9.17, 15) is 14.4 Å². The van der Waals surface area contributed by atoms with Crippen molar-refractivity contribution in [2.24, 2.45) is 11.5 Å². The molecule has 2 amide bonds. The van der Waals surface area contributed by atoms with E-state index in [1.165, 1.54) is 24.3 Å². The first kappa shape index (κ1) is 14.7. The maximum atomic E-state index is 11.6. The van der Waals surface area contributed by atoms with Crippen molar-refractivity contribution in [2.75, 3.05) is 5.32 Å². The van der Waals surface area contributed by atoms with Crippen LogP contribution in [0, 0.1) is 0 Å². The Morgan fingerprint density at radius 2 is 1.79 bits per heavy atom. The Morgan fingerprint density at radius 1 is 1.21 bits per heavy atom. The van der Waals surface area contributed by atoms with Crippen molar-refractivity contribution in [2.45, 2.75) is 18.9 Å². The van der Waals surface area contributed by atoms with Crippen molar-refractivity contribution in [3.8, 4) is 0 Å². The molecule has 0 saturated carbocycles. The number of carboxylic acids is 1. The van der Waals surface area contributed by atoms with Gasteiger partial charge < -0.3 is 21.9 Å². The average Bonchev–Trinajstić information content (AvgIpc) is 2.36. The normalized spacial score (nSPS) is 11.6. The highest BCUT2D eigenvalue weighted by Crippen LogP contribution is 2.10. The van der Waals surface area contributed by atoms with E-state index in [2.05, 4.69) is 5.32 Å². The van der Waals surface area contributed by atoms with Crippen molar-refractivity contribution in [3.63, 3.8) is 0 Å². The number of nitrogens with two attached hydrogens (primary N) is 2.